The van der Waals surface area contributed by atoms with Crippen LogP contribution in [0.2, 0.25) is 0 Å². The SMILES string of the molecule is CN(CCOc1ccccc1)C(=O)Nc1ccc(C(=O)NC(C)(C)C)cc1. The molecule has 0 fully saturated rings. The number of nitrogens with zero attached hydrogens (tertiary/aromatic N) is 1. The lowest BCUT2D eigenvalue weighted by molar-refractivity contribution is 0.0919. The molecule has 0 aromatic heterocycles. The maximum atomic E-state index is 12.2. The molecule has 3 amide bonds. The maximum absolute atomic E-state index is 12.2. The molecule has 0 bridgehead atoms. The zero-order valence-electron chi connectivity index (χ0n) is 16.3. The Labute approximate surface area is 160 Å². The quantitative estimate of drug-likeness (QED) is 0.814. The van der Waals surface area contributed by atoms with Gasteiger partial charge in [-0.2, -0.15) is 0 Å². The first-order valence-electron chi connectivity index (χ1n) is 8.87. The number of carbonyl (C=O) groups is 2. The monoisotopic (exact) mass is 369 g/mol. The normalized spacial score (nSPS) is 10.8. The molecule has 144 valence electrons. The molecule has 27 heavy (non-hydrogen) atoms. The van der Waals surface area contributed by atoms with Crippen LogP contribution in [0.5, 0.6) is 5.75 Å². The Morgan fingerprint density at radius 1 is 1.00 bits per heavy atom. The van der Waals surface area contributed by atoms with E-state index in [1.165, 1.54) is 0 Å². The number of nitrogens with one attached hydrogen (secondary N) is 2. The first-order chi connectivity index (χ1) is 12.7. The molecule has 0 radical (unpaired) electrons. The van der Waals surface area contributed by atoms with E-state index in [9.17, 15) is 9.59 Å². The number of ether oxygens (including phenoxy) is 1. The summed E-state index contributed by atoms with van der Waals surface area (Å²) in [6, 6.07) is 16.0. The molecule has 0 aliphatic heterocycles. The van der Waals surface area contributed by atoms with Crippen molar-refractivity contribution in [3.8, 4) is 5.75 Å². The van der Waals surface area contributed by atoms with Crippen LogP contribution in [0, 0.1) is 0 Å². The smallest absolute Gasteiger partial charge is 0.321 e. The van der Waals surface area contributed by atoms with Crippen molar-refractivity contribution in [3.63, 3.8) is 0 Å². The van der Waals surface area contributed by atoms with Crippen molar-refractivity contribution in [2.24, 2.45) is 0 Å². The van der Waals surface area contributed by atoms with Gasteiger partial charge >= 0.3 is 6.03 Å². The highest BCUT2D eigenvalue weighted by Crippen LogP contribution is 2.12. The number of urea groups is 1. The van der Waals surface area contributed by atoms with Gasteiger partial charge in [-0.05, 0) is 57.2 Å². The van der Waals surface area contributed by atoms with E-state index in [0.29, 0.717) is 24.4 Å². The van der Waals surface area contributed by atoms with Gasteiger partial charge in [0.25, 0.3) is 5.91 Å². The molecular weight excluding hydrogens is 342 g/mol. The Balaban J connectivity index is 1.81. The minimum absolute atomic E-state index is 0.143. The van der Waals surface area contributed by atoms with Gasteiger partial charge in [0, 0.05) is 23.8 Å². The zero-order valence-corrected chi connectivity index (χ0v) is 16.3. The molecule has 0 spiro atoms. The Kier molecular flexibility index (Phi) is 6.82. The van der Waals surface area contributed by atoms with Crippen molar-refractivity contribution in [2.75, 3.05) is 25.5 Å². The van der Waals surface area contributed by atoms with E-state index in [0.717, 1.165) is 5.75 Å². The van der Waals surface area contributed by atoms with Crippen molar-refractivity contribution in [3.05, 3.63) is 60.2 Å². The first-order valence-corrected chi connectivity index (χ1v) is 8.87. The van der Waals surface area contributed by atoms with Gasteiger partial charge in [0.05, 0.1) is 6.54 Å². The molecule has 2 rings (SSSR count). The summed E-state index contributed by atoms with van der Waals surface area (Å²) in [5, 5.41) is 5.71. The third-order valence-corrected chi connectivity index (χ3v) is 3.67. The molecule has 0 unspecified atom stereocenters. The molecule has 2 N–H and O–H groups in total. The van der Waals surface area contributed by atoms with E-state index in [1.807, 2.05) is 51.1 Å². The molecule has 0 atom stereocenters. The fourth-order valence-corrected chi connectivity index (χ4v) is 2.26. The van der Waals surface area contributed by atoms with Gasteiger partial charge in [-0.15, -0.1) is 0 Å². The molecular formula is C21H27N3O3. The second kappa shape index (κ2) is 9.07. The molecule has 0 aliphatic rings. The van der Waals surface area contributed by atoms with Gasteiger partial charge in [-0.25, -0.2) is 4.79 Å². The van der Waals surface area contributed by atoms with Crippen molar-refractivity contribution in [1.82, 2.24) is 10.2 Å². The number of anilines is 1. The lowest BCUT2D eigenvalue weighted by Crippen LogP contribution is -2.40. The van der Waals surface area contributed by atoms with Gasteiger partial charge in [-0.3, -0.25) is 4.79 Å². The minimum atomic E-state index is -0.297. The largest absolute Gasteiger partial charge is 0.492 e. The highest BCUT2D eigenvalue weighted by molar-refractivity contribution is 5.95. The van der Waals surface area contributed by atoms with Crippen molar-refractivity contribution < 1.29 is 14.3 Å². The molecule has 0 heterocycles. The molecule has 0 saturated carbocycles. The molecule has 0 saturated heterocycles. The van der Waals surface area contributed by atoms with Crippen LogP contribution in [-0.4, -0.2) is 42.6 Å². The minimum Gasteiger partial charge on any atom is -0.492 e. The topological polar surface area (TPSA) is 70.7 Å². The van der Waals surface area contributed by atoms with Crippen LogP contribution in [0.25, 0.3) is 0 Å². The summed E-state index contributed by atoms with van der Waals surface area (Å²) in [6.07, 6.45) is 0. The fraction of sp³-hybridized carbons (Fsp3) is 0.333. The van der Waals surface area contributed by atoms with Crippen LogP contribution in [0.3, 0.4) is 0 Å². The summed E-state index contributed by atoms with van der Waals surface area (Å²) in [7, 11) is 1.70. The molecule has 2 aromatic carbocycles. The number of benzene rings is 2. The molecule has 6 nitrogen and oxygen atoms in total. The van der Waals surface area contributed by atoms with Gasteiger partial charge in [0.1, 0.15) is 12.4 Å². The van der Waals surface area contributed by atoms with Crippen LogP contribution in [-0.2, 0) is 0 Å². The van der Waals surface area contributed by atoms with Crippen LogP contribution in [0.1, 0.15) is 31.1 Å². The second-order valence-corrected chi connectivity index (χ2v) is 7.29. The number of amides is 3. The Morgan fingerprint density at radius 2 is 1.63 bits per heavy atom. The van der Waals surface area contributed by atoms with E-state index < -0.39 is 0 Å². The average molecular weight is 369 g/mol. The second-order valence-electron chi connectivity index (χ2n) is 7.29. The molecule has 6 heteroatoms. The van der Waals surface area contributed by atoms with Gasteiger partial charge in [-0.1, -0.05) is 18.2 Å². The average Bonchev–Trinajstić information content (AvgIpc) is 2.61. The van der Waals surface area contributed by atoms with Crippen molar-refractivity contribution >= 4 is 17.6 Å². The fourth-order valence-electron chi connectivity index (χ4n) is 2.26. The van der Waals surface area contributed by atoms with Gasteiger partial charge in [0.2, 0.25) is 0 Å². The predicted molar refractivity (Wildman–Crippen MR) is 107 cm³/mol. The third-order valence-electron chi connectivity index (χ3n) is 3.67. The van der Waals surface area contributed by atoms with E-state index in [1.54, 1.807) is 36.2 Å². The van der Waals surface area contributed by atoms with Crippen molar-refractivity contribution in [1.29, 1.82) is 0 Å². The number of hydrogen-bond donors (Lipinski definition) is 2. The van der Waals surface area contributed by atoms with Gasteiger partial charge in [0.15, 0.2) is 0 Å². The van der Waals surface area contributed by atoms with Gasteiger partial charge < -0.3 is 20.3 Å². The van der Waals surface area contributed by atoms with E-state index in [2.05, 4.69) is 10.6 Å². The number of para-hydroxylation sites is 1. The number of hydrogen-bond acceptors (Lipinski definition) is 3. The van der Waals surface area contributed by atoms with Crippen LogP contribution >= 0.6 is 0 Å². The number of rotatable bonds is 6. The highest BCUT2D eigenvalue weighted by Gasteiger charge is 2.15. The molecule has 0 aliphatic carbocycles. The Morgan fingerprint density at radius 3 is 2.22 bits per heavy atom. The first kappa shape index (κ1) is 20.3. The van der Waals surface area contributed by atoms with Crippen LogP contribution < -0.4 is 15.4 Å². The van der Waals surface area contributed by atoms with E-state index in [4.69, 9.17) is 4.74 Å². The molecule has 2 aromatic rings. The maximum Gasteiger partial charge on any atom is 0.321 e. The van der Waals surface area contributed by atoms with E-state index >= 15 is 0 Å². The zero-order chi connectivity index (χ0) is 19.9. The lowest BCUT2D eigenvalue weighted by Gasteiger charge is -2.21. The highest BCUT2D eigenvalue weighted by atomic mass is 16.5. The summed E-state index contributed by atoms with van der Waals surface area (Å²) in [4.78, 5) is 25.9. The lowest BCUT2D eigenvalue weighted by atomic mass is 10.1. The van der Waals surface area contributed by atoms with Crippen molar-refractivity contribution in [2.45, 2.75) is 26.3 Å². The predicted octanol–water partition coefficient (Wildman–Crippen LogP) is 3.76. The number of likely N-dealkylation sites (N-methyl/N-ethyl adjacent to an activating group) is 1. The summed E-state index contributed by atoms with van der Waals surface area (Å²) in [5.74, 6) is 0.631. The summed E-state index contributed by atoms with van der Waals surface area (Å²) < 4.78 is 5.59. The Bertz CT molecular complexity index is 752. The van der Waals surface area contributed by atoms with E-state index in [-0.39, 0.29) is 17.5 Å². The summed E-state index contributed by atoms with van der Waals surface area (Å²) in [6.45, 7) is 6.64. The standard InChI is InChI=1S/C21H27N3O3/c1-21(2,3)23-19(25)16-10-12-17(13-11-16)22-20(26)24(4)14-15-27-18-8-6-5-7-9-18/h5-13H,14-15H2,1-4H3,(H,22,26)(H,23,25). The Hall–Kier alpha value is -3.02. The summed E-state index contributed by atoms with van der Waals surface area (Å²) >= 11 is 0. The third kappa shape index (κ3) is 7.01. The summed E-state index contributed by atoms with van der Waals surface area (Å²) in [5.41, 5.74) is 0.879. The van der Waals surface area contributed by atoms with Crippen LogP contribution in [0.15, 0.2) is 54.6 Å². The number of carbonyl (C=O) groups excluding carboxylic acids is 2. The van der Waals surface area contributed by atoms with Crippen LogP contribution in [0.4, 0.5) is 10.5 Å².